The molecule has 1 heterocycles. The highest BCUT2D eigenvalue weighted by molar-refractivity contribution is 5.91. The summed E-state index contributed by atoms with van der Waals surface area (Å²) in [7, 11) is 0. The topological polar surface area (TPSA) is 106 Å². The van der Waals surface area contributed by atoms with Crippen molar-refractivity contribution in [2.24, 2.45) is 5.73 Å². The standard InChI is InChI=1S/C14H16F3N5O2/c15-14(16,17)10-4-2-1-3-9(10)12(23)7-19-13(24)11-8-22(6-5-18)21-20-11/h1-4,8,12,23H,5-7,18H2,(H,19,24). The second-order valence-corrected chi connectivity index (χ2v) is 4.97. The second-order valence-electron chi connectivity index (χ2n) is 4.97. The van der Waals surface area contributed by atoms with E-state index in [1.807, 2.05) is 0 Å². The minimum atomic E-state index is -4.59. The van der Waals surface area contributed by atoms with Gasteiger partial charge in [0, 0.05) is 13.1 Å². The Labute approximate surface area is 135 Å². The molecule has 4 N–H and O–H groups in total. The molecule has 24 heavy (non-hydrogen) atoms. The van der Waals surface area contributed by atoms with Crippen molar-refractivity contribution in [1.82, 2.24) is 20.3 Å². The lowest BCUT2D eigenvalue weighted by molar-refractivity contribution is -0.139. The molecule has 2 aromatic rings. The van der Waals surface area contributed by atoms with Crippen LogP contribution in [-0.4, -0.2) is 39.1 Å². The summed E-state index contributed by atoms with van der Waals surface area (Å²) in [5, 5.41) is 19.6. The lowest BCUT2D eigenvalue weighted by atomic mass is 10.0. The molecule has 0 aliphatic heterocycles. The number of amides is 1. The fourth-order valence-corrected chi connectivity index (χ4v) is 2.08. The van der Waals surface area contributed by atoms with E-state index in [4.69, 9.17) is 5.73 Å². The molecule has 1 unspecified atom stereocenters. The smallest absolute Gasteiger partial charge is 0.387 e. The average Bonchev–Trinajstić information content (AvgIpc) is 3.00. The van der Waals surface area contributed by atoms with Crippen molar-refractivity contribution in [3.63, 3.8) is 0 Å². The summed E-state index contributed by atoms with van der Waals surface area (Å²) in [5.41, 5.74) is 4.08. The molecule has 0 aliphatic carbocycles. The molecule has 10 heteroatoms. The first-order valence-electron chi connectivity index (χ1n) is 7.05. The van der Waals surface area contributed by atoms with Gasteiger partial charge in [-0.15, -0.1) is 5.10 Å². The Morgan fingerprint density at radius 2 is 2.08 bits per heavy atom. The van der Waals surface area contributed by atoms with E-state index in [1.54, 1.807) is 0 Å². The Bertz CT molecular complexity index is 702. The lowest BCUT2D eigenvalue weighted by Crippen LogP contribution is -2.29. The van der Waals surface area contributed by atoms with E-state index in [1.165, 1.54) is 23.0 Å². The number of aliphatic hydroxyl groups is 1. The van der Waals surface area contributed by atoms with Gasteiger partial charge in [0.1, 0.15) is 0 Å². The van der Waals surface area contributed by atoms with Crippen molar-refractivity contribution < 1.29 is 23.1 Å². The van der Waals surface area contributed by atoms with Crippen molar-refractivity contribution in [1.29, 1.82) is 0 Å². The average molecular weight is 343 g/mol. The van der Waals surface area contributed by atoms with Crippen LogP contribution >= 0.6 is 0 Å². The van der Waals surface area contributed by atoms with Gasteiger partial charge in [0.25, 0.3) is 5.91 Å². The van der Waals surface area contributed by atoms with Gasteiger partial charge in [-0.2, -0.15) is 13.2 Å². The van der Waals surface area contributed by atoms with Gasteiger partial charge in [0.05, 0.1) is 24.4 Å². The monoisotopic (exact) mass is 343 g/mol. The van der Waals surface area contributed by atoms with Crippen LogP contribution < -0.4 is 11.1 Å². The molecule has 1 aromatic carbocycles. The number of alkyl halides is 3. The third-order valence-corrected chi connectivity index (χ3v) is 3.21. The minimum absolute atomic E-state index is 0.0141. The van der Waals surface area contributed by atoms with Gasteiger partial charge in [-0.25, -0.2) is 0 Å². The second kappa shape index (κ2) is 7.41. The van der Waals surface area contributed by atoms with Crippen LogP contribution in [0.2, 0.25) is 0 Å². The number of nitrogens with one attached hydrogen (secondary N) is 1. The Morgan fingerprint density at radius 3 is 2.75 bits per heavy atom. The predicted octanol–water partition coefficient (Wildman–Crippen LogP) is 0.719. The first-order valence-corrected chi connectivity index (χ1v) is 7.05. The third kappa shape index (κ3) is 4.30. The SMILES string of the molecule is NCCn1cc(C(=O)NCC(O)c2ccccc2C(F)(F)F)nn1. The largest absolute Gasteiger partial charge is 0.416 e. The number of nitrogens with zero attached hydrogens (tertiary/aromatic N) is 3. The summed E-state index contributed by atoms with van der Waals surface area (Å²) in [6, 6.07) is 4.65. The third-order valence-electron chi connectivity index (χ3n) is 3.21. The van der Waals surface area contributed by atoms with Crippen LogP contribution in [0.5, 0.6) is 0 Å². The predicted molar refractivity (Wildman–Crippen MR) is 77.8 cm³/mol. The number of rotatable bonds is 6. The fourth-order valence-electron chi connectivity index (χ4n) is 2.08. The molecule has 0 radical (unpaired) electrons. The molecule has 2 rings (SSSR count). The quantitative estimate of drug-likeness (QED) is 0.717. The summed E-state index contributed by atoms with van der Waals surface area (Å²) < 4.78 is 40.1. The number of nitrogens with two attached hydrogens (primary N) is 1. The zero-order valence-corrected chi connectivity index (χ0v) is 12.5. The highest BCUT2D eigenvalue weighted by Crippen LogP contribution is 2.34. The van der Waals surface area contributed by atoms with E-state index in [0.29, 0.717) is 13.1 Å². The number of hydrogen-bond donors (Lipinski definition) is 3. The molecule has 1 atom stereocenters. The van der Waals surface area contributed by atoms with Crippen molar-refractivity contribution in [2.75, 3.05) is 13.1 Å². The maximum Gasteiger partial charge on any atom is 0.416 e. The Morgan fingerprint density at radius 1 is 1.38 bits per heavy atom. The van der Waals surface area contributed by atoms with Crippen LogP contribution in [0.4, 0.5) is 13.2 Å². The van der Waals surface area contributed by atoms with E-state index in [2.05, 4.69) is 15.6 Å². The van der Waals surface area contributed by atoms with E-state index >= 15 is 0 Å². The maximum atomic E-state index is 12.9. The molecular formula is C14H16F3N5O2. The Hall–Kier alpha value is -2.46. The zero-order valence-electron chi connectivity index (χ0n) is 12.5. The van der Waals surface area contributed by atoms with Gasteiger partial charge in [-0.1, -0.05) is 23.4 Å². The van der Waals surface area contributed by atoms with E-state index in [9.17, 15) is 23.1 Å². The van der Waals surface area contributed by atoms with E-state index in [-0.39, 0.29) is 11.3 Å². The molecule has 1 aromatic heterocycles. The van der Waals surface area contributed by atoms with E-state index < -0.39 is 30.3 Å². The molecule has 7 nitrogen and oxygen atoms in total. The molecule has 130 valence electrons. The highest BCUT2D eigenvalue weighted by Gasteiger charge is 2.34. The van der Waals surface area contributed by atoms with Crippen LogP contribution in [0.15, 0.2) is 30.5 Å². The normalized spacial score (nSPS) is 12.9. The number of aliphatic hydroxyl groups excluding tert-OH is 1. The van der Waals surface area contributed by atoms with Crippen molar-refractivity contribution in [2.45, 2.75) is 18.8 Å². The number of benzene rings is 1. The van der Waals surface area contributed by atoms with E-state index in [0.717, 1.165) is 12.1 Å². The lowest BCUT2D eigenvalue weighted by Gasteiger charge is -2.17. The van der Waals surface area contributed by atoms with Gasteiger partial charge in [-0.05, 0) is 11.6 Å². The summed E-state index contributed by atoms with van der Waals surface area (Å²) in [6.07, 6.45) is -4.74. The van der Waals surface area contributed by atoms with Crippen LogP contribution in [0.3, 0.4) is 0 Å². The summed E-state index contributed by atoms with van der Waals surface area (Å²) in [4.78, 5) is 11.9. The first-order chi connectivity index (χ1) is 11.3. The van der Waals surface area contributed by atoms with Gasteiger partial charge in [0.15, 0.2) is 5.69 Å². The van der Waals surface area contributed by atoms with Crippen molar-refractivity contribution in [3.8, 4) is 0 Å². The highest BCUT2D eigenvalue weighted by atomic mass is 19.4. The van der Waals surface area contributed by atoms with Crippen LogP contribution in [0.25, 0.3) is 0 Å². The van der Waals surface area contributed by atoms with Crippen LogP contribution in [0, 0.1) is 0 Å². The Kier molecular flexibility index (Phi) is 5.52. The van der Waals surface area contributed by atoms with Gasteiger partial charge in [-0.3, -0.25) is 9.48 Å². The summed E-state index contributed by atoms with van der Waals surface area (Å²) in [6.45, 7) is 0.300. The number of halogens is 3. The van der Waals surface area contributed by atoms with Gasteiger partial charge in [0.2, 0.25) is 0 Å². The zero-order chi connectivity index (χ0) is 17.7. The molecule has 0 bridgehead atoms. The molecular weight excluding hydrogens is 327 g/mol. The molecule has 0 spiro atoms. The van der Waals surface area contributed by atoms with Crippen LogP contribution in [-0.2, 0) is 12.7 Å². The molecule has 1 amide bonds. The number of aromatic nitrogens is 3. The number of carbonyl (C=O) groups is 1. The summed E-state index contributed by atoms with van der Waals surface area (Å²) >= 11 is 0. The number of carbonyl (C=O) groups excluding carboxylic acids is 1. The summed E-state index contributed by atoms with van der Waals surface area (Å²) in [5.74, 6) is -0.651. The maximum absolute atomic E-state index is 12.9. The van der Waals surface area contributed by atoms with Gasteiger partial charge < -0.3 is 16.2 Å². The molecule has 0 fully saturated rings. The molecule has 0 saturated carbocycles. The van der Waals surface area contributed by atoms with Crippen molar-refractivity contribution in [3.05, 3.63) is 47.3 Å². The minimum Gasteiger partial charge on any atom is -0.387 e. The van der Waals surface area contributed by atoms with Crippen molar-refractivity contribution >= 4 is 5.91 Å². The Balaban J connectivity index is 2.02. The fraction of sp³-hybridized carbons (Fsp3) is 0.357. The van der Waals surface area contributed by atoms with Crippen LogP contribution in [0.1, 0.15) is 27.7 Å². The number of hydrogen-bond acceptors (Lipinski definition) is 5. The first kappa shape index (κ1) is 17.9. The van der Waals surface area contributed by atoms with Gasteiger partial charge >= 0.3 is 6.18 Å². The molecule has 0 aliphatic rings. The molecule has 0 saturated heterocycles.